The van der Waals surface area contributed by atoms with Crippen LogP contribution in [0.1, 0.15) is 57.9 Å². The lowest BCUT2D eigenvalue weighted by Gasteiger charge is -2.25. The number of anilines is 2. The van der Waals surface area contributed by atoms with Gasteiger partial charge in [-0.25, -0.2) is 9.97 Å². The molecule has 2 aliphatic rings. The molecule has 3 atom stereocenters. The fourth-order valence-corrected chi connectivity index (χ4v) is 4.02. The summed E-state index contributed by atoms with van der Waals surface area (Å²) >= 11 is 0. The van der Waals surface area contributed by atoms with Crippen LogP contribution >= 0.6 is 0 Å². The Kier molecular flexibility index (Phi) is 4.61. The highest BCUT2D eigenvalue weighted by molar-refractivity contribution is 5.58. The summed E-state index contributed by atoms with van der Waals surface area (Å²) in [5, 5.41) is 7.21. The van der Waals surface area contributed by atoms with E-state index in [1.165, 1.54) is 31.2 Å². The summed E-state index contributed by atoms with van der Waals surface area (Å²) in [6.45, 7) is 5.38. The number of hydrogen-bond donors (Lipinski definition) is 2. The SMILES string of the molecule is CCCNc1ncnc(NC2CC3CCC2C3)c1CCC. The summed E-state index contributed by atoms with van der Waals surface area (Å²) in [5.41, 5.74) is 1.27. The molecule has 0 saturated heterocycles. The third-order valence-electron chi connectivity index (χ3n) is 5.05. The van der Waals surface area contributed by atoms with Gasteiger partial charge in [0.05, 0.1) is 0 Å². The maximum Gasteiger partial charge on any atom is 0.134 e. The molecule has 0 aromatic carbocycles. The molecule has 116 valence electrons. The zero-order valence-electron chi connectivity index (χ0n) is 13.4. The van der Waals surface area contributed by atoms with Crippen molar-refractivity contribution in [3.05, 3.63) is 11.9 Å². The number of nitrogens with zero attached hydrogens (tertiary/aromatic N) is 2. The first-order valence-corrected chi connectivity index (χ1v) is 8.66. The lowest BCUT2D eigenvalue weighted by atomic mass is 9.95. The molecule has 3 rings (SSSR count). The third-order valence-corrected chi connectivity index (χ3v) is 5.05. The van der Waals surface area contributed by atoms with Crippen LogP contribution in [0.2, 0.25) is 0 Å². The first-order chi connectivity index (χ1) is 10.3. The van der Waals surface area contributed by atoms with Crippen molar-refractivity contribution >= 4 is 11.6 Å². The fourth-order valence-electron chi connectivity index (χ4n) is 4.02. The van der Waals surface area contributed by atoms with E-state index in [1.54, 1.807) is 6.33 Å². The van der Waals surface area contributed by atoms with Crippen LogP contribution in [0.25, 0.3) is 0 Å². The Labute approximate surface area is 128 Å². The van der Waals surface area contributed by atoms with Crippen molar-refractivity contribution in [1.82, 2.24) is 9.97 Å². The molecule has 3 unspecified atom stereocenters. The fraction of sp³-hybridized carbons (Fsp3) is 0.765. The van der Waals surface area contributed by atoms with Crippen molar-refractivity contribution in [3.8, 4) is 0 Å². The molecule has 0 spiro atoms. The summed E-state index contributed by atoms with van der Waals surface area (Å²) in [6.07, 6.45) is 10.6. The van der Waals surface area contributed by atoms with Crippen molar-refractivity contribution in [1.29, 1.82) is 0 Å². The molecule has 0 amide bonds. The molecule has 4 nitrogen and oxygen atoms in total. The van der Waals surface area contributed by atoms with E-state index < -0.39 is 0 Å². The number of rotatable bonds is 7. The molecule has 2 saturated carbocycles. The zero-order valence-corrected chi connectivity index (χ0v) is 13.4. The topological polar surface area (TPSA) is 49.8 Å². The molecule has 2 N–H and O–H groups in total. The second-order valence-electron chi connectivity index (χ2n) is 6.65. The van der Waals surface area contributed by atoms with Crippen LogP contribution in [0.15, 0.2) is 6.33 Å². The van der Waals surface area contributed by atoms with Crippen molar-refractivity contribution in [2.45, 2.75) is 64.8 Å². The minimum absolute atomic E-state index is 0.633. The molecule has 2 fully saturated rings. The van der Waals surface area contributed by atoms with Crippen LogP contribution in [0.3, 0.4) is 0 Å². The standard InChI is InChI=1S/C17H28N4/c1-3-5-14-16(18-8-4-2)19-11-20-17(14)21-15-10-12-6-7-13(15)9-12/h11-13,15H,3-10H2,1-2H3,(H2,18,19,20,21). The molecule has 0 aliphatic heterocycles. The largest absolute Gasteiger partial charge is 0.370 e. The summed E-state index contributed by atoms with van der Waals surface area (Å²) in [5.74, 6) is 3.93. The normalized spacial score (nSPS) is 27.0. The highest BCUT2D eigenvalue weighted by Gasteiger charge is 2.39. The molecule has 1 aromatic rings. The summed E-state index contributed by atoms with van der Waals surface area (Å²) in [4.78, 5) is 9.01. The van der Waals surface area contributed by atoms with E-state index in [1.807, 2.05) is 0 Å². The van der Waals surface area contributed by atoms with Crippen LogP contribution in [0, 0.1) is 11.8 Å². The molecule has 21 heavy (non-hydrogen) atoms. The smallest absolute Gasteiger partial charge is 0.134 e. The van der Waals surface area contributed by atoms with E-state index in [4.69, 9.17) is 0 Å². The predicted octanol–water partition coefficient (Wildman–Crippen LogP) is 3.85. The maximum atomic E-state index is 4.55. The van der Waals surface area contributed by atoms with Gasteiger partial charge in [0.15, 0.2) is 0 Å². The number of aromatic nitrogens is 2. The Morgan fingerprint density at radius 1 is 1.10 bits per heavy atom. The summed E-state index contributed by atoms with van der Waals surface area (Å²) in [7, 11) is 0. The Morgan fingerprint density at radius 2 is 1.95 bits per heavy atom. The van der Waals surface area contributed by atoms with E-state index in [0.717, 1.165) is 49.3 Å². The highest BCUT2D eigenvalue weighted by atomic mass is 15.1. The number of nitrogens with one attached hydrogen (secondary N) is 2. The van der Waals surface area contributed by atoms with Crippen molar-refractivity contribution in [3.63, 3.8) is 0 Å². The van der Waals surface area contributed by atoms with Gasteiger partial charge in [-0.1, -0.05) is 26.7 Å². The Hall–Kier alpha value is -1.32. The lowest BCUT2D eigenvalue weighted by molar-refractivity contribution is 0.438. The predicted molar refractivity (Wildman–Crippen MR) is 87.7 cm³/mol. The number of hydrogen-bond acceptors (Lipinski definition) is 4. The van der Waals surface area contributed by atoms with E-state index in [-0.39, 0.29) is 0 Å². The molecule has 2 bridgehead atoms. The zero-order chi connectivity index (χ0) is 14.7. The molecular weight excluding hydrogens is 260 g/mol. The molecule has 0 radical (unpaired) electrons. The van der Waals surface area contributed by atoms with Crippen LogP contribution < -0.4 is 10.6 Å². The Balaban J connectivity index is 1.76. The minimum Gasteiger partial charge on any atom is -0.370 e. The second-order valence-corrected chi connectivity index (χ2v) is 6.65. The van der Waals surface area contributed by atoms with Gasteiger partial charge < -0.3 is 10.6 Å². The van der Waals surface area contributed by atoms with E-state index >= 15 is 0 Å². The van der Waals surface area contributed by atoms with Crippen LogP contribution in [0.4, 0.5) is 11.6 Å². The van der Waals surface area contributed by atoms with Crippen molar-refractivity contribution in [2.24, 2.45) is 11.8 Å². The molecule has 4 heteroatoms. The first kappa shape index (κ1) is 14.6. The van der Waals surface area contributed by atoms with Crippen LogP contribution in [-0.2, 0) is 6.42 Å². The minimum atomic E-state index is 0.633. The van der Waals surface area contributed by atoms with Crippen molar-refractivity contribution in [2.75, 3.05) is 17.2 Å². The Morgan fingerprint density at radius 3 is 2.62 bits per heavy atom. The van der Waals surface area contributed by atoms with Gasteiger partial charge >= 0.3 is 0 Å². The average Bonchev–Trinajstić information content (AvgIpc) is 3.10. The van der Waals surface area contributed by atoms with Gasteiger partial charge in [-0.3, -0.25) is 0 Å². The summed E-state index contributed by atoms with van der Waals surface area (Å²) in [6, 6.07) is 0.633. The molecular formula is C17H28N4. The summed E-state index contributed by atoms with van der Waals surface area (Å²) < 4.78 is 0. The quantitative estimate of drug-likeness (QED) is 0.800. The van der Waals surface area contributed by atoms with Gasteiger partial charge in [0, 0.05) is 18.2 Å². The maximum absolute atomic E-state index is 4.55. The van der Waals surface area contributed by atoms with Gasteiger partial charge in [0.2, 0.25) is 0 Å². The monoisotopic (exact) mass is 288 g/mol. The third kappa shape index (κ3) is 3.14. The van der Waals surface area contributed by atoms with Gasteiger partial charge in [-0.15, -0.1) is 0 Å². The van der Waals surface area contributed by atoms with Crippen LogP contribution in [0.5, 0.6) is 0 Å². The van der Waals surface area contributed by atoms with Gasteiger partial charge in [0.1, 0.15) is 18.0 Å². The lowest BCUT2D eigenvalue weighted by Crippen LogP contribution is -2.27. The van der Waals surface area contributed by atoms with Gasteiger partial charge in [-0.05, 0) is 43.9 Å². The second kappa shape index (κ2) is 6.63. The molecule has 2 aliphatic carbocycles. The van der Waals surface area contributed by atoms with E-state index in [2.05, 4.69) is 34.4 Å². The molecule has 1 aromatic heterocycles. The Bertz CT molecular complexity index is 474. The molecule has 1 heterocycles. The number of fused-ring (bicyclic) bond motifs is 2. The van der Waals surface area contributed by atoms with Crippen molar-refractivity contribution < 1.29 is 0 Å². The van der Waals surface area contributed by atoms with E-state index in [0.29, 0.717) is 6.04 Å². The highest BCUT2D eigenvalue weighted by Crippen LogP contribution is 2.45. The van der Waals surface area contributed by atoms with E-state index in [9.17, 15) is 0 Å². The first-order valence-electron chi connectivity index (χ1n) is 8.66. The average molecular weight is 288 g/mol. The van der Waals surface area contributed by atoms with Crippen LogP contribution in [-0.4, -0.2) is 22.6 Å². The van der Waals surface area contributed by atoms with Gasteiger partial charge in [-0.2, -0.15) is 0 Å². The van der Waals surface area contributed by atoms with Gasteiger partial charge in [0.25, 0.3) is 0 Å².